The number of aliphatic hydroxyl groups is 1. The molecule has 0 fully saturated rings. The second-order valence-corrected chi connectivity index (χ2v) is 16.7. The van der Waals surface area contributed by atoms with Crippen LogP contribution in [0.5, 0.6) is 0 Å². The summed E-state index contributed by atoms with van der Waals surface area (Å²) in [6, 6.07) is 30.7. The Bertz CT molecular complexity index is 1010. The van der Waals surface area contributed by atoms with Crippen molar-refractivity contribution in [2.75, 3.05) is 13.7 Å². The van der Waals surface area contributed by atoms with Crippen LogP contribution in [-0.2, 0) is 14.0 Å². The van der Waals surface area contributed by atoms with Crippen LogP contribution < -0.4 is 14.8 Å². The Morgan fingerprint density at radius 1 is 0.886 bits per heavy atom. The molecule has 3 atom stereocenters. The number of rotatable bonds is 10. The molecule has 0 saturated carbocycles. The van der Waals surface area contributed by atoms with Crippen molar-refractivity contribution in [1.82, 2.24) is 0 Å². The minimum atomic E-state index is -2.72. The fraction of sp³-hybridized carbons (Fsp3) is 0.345. The third-order valence-electron chi connectivity index (χ3n) is 6.31. The molecule has 186 valence electrons. The number of hydrogen-bond donors (Lipinski definition) is 1. The second kappa shape index (κ2) is 12.2. The Hall–Kier alpha value is -2.21. The van der Waals surface area contributed by atoms with Crippen molar-refractivity contribution in [2.24, 2.45) is 5.92 Å². The van der Waals surface area contributed by atoms with Crippen LogP contribution in [0.15, 0.2) is 91.0 Å². The Balaban J connectivity index is 1.92. The van der Waals surface area contributed by atoms with E-state index < -0.39 is 19.2 Å². The first-order valence-electron chi connectivity index (χ1n) is 11.9. The van der Waals surface area contributed by atoms with Crippen LogP contribution in [0.25, 0.3) is 0 Å². The van der Waals surface area contributed by atoms with E-state index in [0.29, 0.717) is 6.61 Å². The molecular weight excluding hydrogens is 519 g/mol. The molecule has 0 spiro atoms. The fourth-order valence-corrected chi connectivity index (χ4v) is 11.6. The predicted octanol–water partition coefficient (Wildman–Crippen LogP) is 3.55. The molecule has 4 nitrogen and oxygen atoms in total. The van der Waals surface area contributed by atoms with E-state index in [-0.39, 0.29) is 31.9 Å². The molecule has 1 N–H and O–H groups in total. The first kappa shape index (κ1) is 27.4. The molecule has 3 aromatic carbocycles. The van der Waals surface area contributed by atoms with Gasteiger partial charge in [0.1, 0.15) is 0 Å². The van der Waals surface area contributed by atoms with Gasteiger partial charge in [-0.2, -0.15) is 0 Å². The van der Waals surface area contributed by atoms with Crippen LogP contribution in [0.2, 0.25) is 9.85 Å². The van der Waals surface area contributed by atoms with Gasteiger partial charge in [-0.05, 0) is 0 Å². The van der Waals surface area contributed by atoms with Gasteiger partial charge in [0.05, 0.1) is 0 Å². The zero-order chi connectivity index (χ0) is 25.5. The fourth-order valence-electron chi connectivity index (χ4n) is 4.43. The number of benzene rings is 3. The van der Waals surface area contributed by atoms with Crippen LogP contribution in [0.1, 0.15) is 27.7 Å². The number of esters is 1. The van der Waals surface area contributed by atoms with E-state index in [0.717, 1.165) is 4.46 Å². The number of carbonyl (C=O) groups excluding carboxylic acids is 1. The molecule has 3 aromatic rings. The zero-order valence-corrected chi connectivity index (χ0v) is 23.9. The molecule has 0 aliphatic carbocycles. The van der Waals surface area contributed by atoms with Crippen molar-refractivity contribution in [2.45, 2.75) is 43.7 Å². The molecule has 0 bridgehead atoms. The SMILES string of the molecule is COC(=O)[C@H]([Se]c1ccccc1)[C@@H](O)[C@@H](C)CO[Si](c1ccccc1)(c1ccccc1)C(C)(C)C. The quantitative estimate of drug-likeness (QED) is 0.307. The van der Waals surface area contributed by atoms with Crippen LogP contribution in [0.4, 0.5) is 0 Å². The van der Waals surface area contributed by atoms with E-state index in [9.17, 15) is 9.90 Å². The summed E-state index contributed by atoms with van der Waals surface area (Å²) in [4.78, 5) is 12.1. The van der Waals surface area contributed by atoms with E-state index in [2.05, 4.69) is 69.3 Å². The average Bonchev–Trinajstić information content (AvgIpc) is 2.87. The van der Waals surface area contributed by atoms with Gasteiger partial charge in [-0.1, -0.05) is 0 Å². The van der Waals surface area contributed by atoms with Crippen molar-refractivity contribution in [3.8, 4) is 0 Å². The van der Waals surface area contributed by atoms with Crippen molar-refractivity contribution < 1.29 is 19.1 Å². The van der Waals surface area contributed by atoms with E-state index in [1.807, 2.05) is 49.4 Å². The summed E-state index contributed by atoms with van der Waals surface area (Å²) < 4.78 is 13.1. The molecule has 0 aliphatic heterocycles. The van der Waals surface area contributed by atoms with Gasteiger partial charge in [-0.15, -0.1) is 0 Å². The number of aliphatic hydroxyl groups excluding tert-OH is 1. The average molecular weight is 556 g/mol. The summed E-state index contributed by atoms with van der Waals surface area (Å²) in [6.07, 6.45) is -0.874. The van der Waals surface area contributed by atoms with Gasteiger partial charge in [0.25, 0.3) is 0 Å². The van der Waals surface area contributed by atoms with Crippen LogP contribution in [-0.4, -0.2) is 54.2 Å². The number of carbonyl (C=O) groups is 1. The Labute approximate surface area is 217 Å². The third kappa shape index (κ3) is 6.32. The van der Waals surface area contributed by atoms with Crippen molar-refractivity contribution in [1.29, 1.82) is 0 Å². The second-order valence-electron chi connectivity index (χ2n) is 9.82. The molecule has 0 unspecified atom stereocenters. The van der Waals surface area contributed by atoms with E-state index in [1.165, 1.54) is 17.5 Å². The summed E-state index contributed by atoms with van der Waals surface area (Å²) in [5.74, 6) is -0.634. The van der Waals surface area contributed by atoms with Gasteiger partial charge in [0.15, 0.2) is 0 Å². The summed E-state index contributed by atoms with van der Waals surface area (Å²) in [7, 11) is -1.34. The van der Waals surface area contributed by atoms with E-state index in [4.69, 9.17) is 9.16 Å². The predicted molar refractivity (Wildman–Crippen MR) is 146 cm³/mol. The van der Waals surface area contributed by atoms with Gasteiger partial charge in [0.2, 0.25) is 0 Å². The maximum absolute atomic E-state index is 12.7. The van der Waals surface area contributed by atoms with Gasteiger partial charge < -0.3 is 0 Å². The summed E-state index contributed by atoms with van der Waals surface area (Å²) >= 11 is -0.264. The van der Waals surface area contributed by atoms with Crippen molar-refractivity contribution in [3.63, 3.8) is 0 Å². The van der Waals surface area contributed by atoms with Crippen LogP contribution in [0, 0.1) is 5.92 Å². The molecule has 3 rings (SSSR count). The molecule has 6 heteroatoms. The molecule has 0 amide bonds. The molecule has 0 heterocycles. The van der Waals surface area contributed by atoms with E-state index in [1.54, 1.807) is 0 Å². The molecule has 35 heavy (non-hydrogen) atoms. The first-order chi connectivity index (χ1) is 16.7. The number of ether oxygens (including phenoxy) is 1. The molecule has 0 radical (unpaired) electrons. The van der Waals surface area contributed by atoms with Gasteiger partial charge in [-0.25, -0.2) is 0 Å². The van der Waals surface area contributed by atoms with Gasteiger partial charge >= 0.3 is 217 Å². The van der Waals surface area contributed by atoms with Gasteiger partial charge in [-0.3, -0.25) is 0 Å². The summed E-state index contributed by atoms with van der Waals surface area (Å²) in [5.41, 5.74) is 0. The Morgan fingerprint density at radius 2 is 1.34 bits per heavy atom. The zero-order valence-electron chi connectivity index (χ0n) is 21.2. The van der Waals surface area contributed by atoms with Crippen molar-refractivity contribution in [3.05, 3.63) is 91.0 Å². The van der Waals surface area contributed by atoms with E-state index >= 15 is 0 Å². The topological polar surface area (TPSA) is 55.8 Å². The number of hydrogen-bond acceptors (Lipinski definition) is 4. The molecule has 0 aliphatic rings. The normalized spacial score (nSPS) is 14.7. The first-order valence-corrected chi connectivity index (χ1v) is 15.7. The third-order valence-corrected chi connectivity index (χ3v) is 14.0. The Kier molecular flexibility index (Phi) is 9.51. The van der Waals surface area contributed by atoms with Crippen LogP contribution >= 0.6 is 0 Å². The van der Waals surface area contributed by atoms with Crippen molar-refractivity contribution >= 4 is 44.1 Å². The molecular formula is C29H36O4SeSi. The standard InChI is InChI=1S/C29H36O4SeSi/c1-22(26(30)27(28(31)32-5)34-23-15-9-6-10-16-23)21-33-35(29(2,3)4,24-17-11-7-12-18-24)25-19-13-8-14-20-25/h6-20,22,26-27,30H,21H2,1-5H3/t22-,26-,27+/m0/s1. The van der Waals surface area contributed by atoms with Crippen LogP contribution in [0.3, 0.4) is 0 Å². The summed E-state index contributed by atoms with van der Waals surface area (Å²) in [5, 5.41) is 13.6. The van der Waals surface area contributed by atoms with Gasteiger partial charge in [0, 0.05) is 0 Å². The summed E-state index contributed by atoms with van der Waals surface area (Å²) in [6.45, 7) is 8.99. The maximum atomic E-state index is 12.7. The Morgan fingerprint density at radius 3 is 1.77 bits per heavy atom. The monoisotopic (exact) mass is 556 g/mol. The number of methoxy groups -OCH3 is 1. The molecule has 0 aromatic heterocycles. The minimum absolute atomic E-state index is 0.157. The molecule has 0 saturated heterocycles.